The summed E-state index contributed by atoms with van der Waals surface area (Å²) in [7, 11) is 0. The van der Waals surface area contributed by atoms with E-state index in [0.29, 0.717) is 0 Å². The van der Waals surface area contributed by atoms with Gasteiger partial charge in [-0.3, -0.25) is 0 Å². The first-order valence-electron chi connectivity index (χ1n) is 3.32. The maximum atomic E-state index is 5.78. The first-order valence-corrected chi connectivity index (χ1v) is 4.49. The van der Waals surface area contributed by atoms with Crippen LogP contribution in [0.1, 0.15) is 18.5 Å². The van der Waals surface area contributed by atoms with E-state index in [1.807, 2.05) is 25.1 Å². The van der Waals surface area contributed by atoms with E-state index in [-0.39, 0.29) is 6.04 Å². The highest BCUT2D eigenvalue weighted by Gasteiger charge is 2.04. The van der Waals surface area contributed by atoms with Gasteiger partial charge in [0.15, 0.2) is 0 Å². The summed E-state index contributed by atoms with van der Waals surface area (Å²) in [5.41, 5.74) is 6.73. The van der Waals surface area contributed by atoms with Crippen LogP contribution in [-0.4, -0.2) is 0 Å². The third kappa shape index (κ3) is 2.19. The maximum Gasteiger partial charge on any atom is 0.0410 e. The molecule has 0 spiro atoms. The summed E-state index contributed by atoms with van der Waals surface area (Å²) >= 11 is 9.18. The van der Waals surface area contributed by atoms with E-state index in [0.717, 1.165) is 15.1 Å². The highest BCUT2D eigenvalue weighted by molar-refractivity contribution is 9.10. The summed E-state index contributed by atoms with van der Waals surface area (Å²) in [4.78, 5) is 0. The number of hydrogen-bond acceptors (Lipinski definition) is 1. The average Bonchev–Trinajstić information content (AvgIpc) is 1.94. The lowest BCUT2D eigenvalue weighted by Gasteiger charge is -2.07. The molecule has 1 aromatic carbocycles. The number of benzene rings is 1. The van der Waals surface area contributed by atoms with E-state index in [2.05, 4.69) is 15.9 Å². The Kier molecular flexibility index (Phi) is 2.93. The molecule has 0 fully saturated rings. The largest absolute Gasteiger partial charge is 0.324 e. The van der Waals surface area contributed by atoms with Crippen LogP contribution >= 0.6 is 27.5 Å². The lowest BCUT2D eigenvalue weighted by molar-refractivity contribution is 0.813. The van der Waals surface area contributed by atoms with Gasteiger partial charge in [-0.15, -0.1) is 0 Å². The minimum absolute atomic E-state index is 0.0167. The predicted octanol–water partition coefficient (Wildman–Crippen LogP) is 3.12. The van der Waals surface area contributed by atoms with Crippen molar-refractivity contribution >= 4 is 27.5 Å². The Balaban J connectivity index is 3.13. The summed E-state index contributed by atoms with van der Waals surface area (Å²) in [6, 6.07) is 5.62. The number of nitrogens with two attached hydrogens (primary N) is 1. The number of rotatable bonds is 1. The van der Waals surface area contributed by atoms with Gasteiger partial charge in [0.25, 0.3) is 0 Å². The molecule has 1 nitrogen and oxygen atoms in total. The molecule has 0 aromatic heterocycles. The van der Waals surface area contributed by atoms with E-state index in [9.17, 15) is 0 Å². The molecule has 3 heteroatoms. The van der Waals surface area contributed by atoms with Gasteiger partial charge >= 0.3 is 0 Å². The Labute approximate surface area is 79.7 Å². The van der Waals surface area contributed by atoms with Gasteiger partial charge in [-0.05, 0) is 30.7 Å². The van der Waals surface area contributed by atoms with Gasteiger partial charge in [0, 0.05) is 15.5 Å². The second-order valence-corrected chi connectivity index (χ2v) is 3.75. The van der Waals surface area contributed by atoms with Crippen LogP contribution in [0.4, 0.5) is 0 Å². The Morgan fingerprint density at radius 1 is 1.55 bits per heavy atom. The molecule has 0 bridgehead atoms. The van der Waals surface area contributed by atoms with Gasteiger partial charge in [-0.2, -0.15) is 0 Å². The molecule has 60 valence electrons. The molecular weight excluding hydrogens is 225 g/mol. The zero-order valence-electron chi connectivity index (χ0n) is 6.14. The quantitative estimate of drug-likeness (QED) is 0.794. The van der Waals surface area contributed by atoms with Crippen LogP contribution in [-0.2, 0) is 0 Å². The summed E-state index contributed by atoms with van der Waals surface area (Å²) in [5, 5.41) is 0.723. The normalized spacial score (nSPS) is 13.1. The third-order valence-electron chi connectivity index (χ3n) is 1.45. The first-order chi connectivity index (χ1) is 5.11. The fourth-order valence-electron chi connectivity index (χ4n) is 0.864. The topological polar surface area (TPSA) is 26.0 Å². The summed E-state index contributed by atoms with van der Waals surface area (Å²) in [6.45, 7) is 1.93. The maximum absolute atomic E-state index is 5.78. The van der Waals surface area contributed by atoms with Crippen LogP contribution in [0.25, 0.3) is 0 Å². The SMILES string of the molecule is CC(N)c1cc(Cl)ccc1Br. The van der Waals surface area contributed by atoms with E-state index >= 15 is 0 Å². The minimum atomic E-state index is 0.0167. The number of hydrogen-bond donors (Lipinski definition) is 1. The van der Waals surface area contributed by atoms with Crippen LogP contribution in [0.15, 0.2) is 22.7 Å². The van der Waals surface area contributed by atoms with Crippen LogP contribution in [0.2, 0.25) is 5.02 Å². The summed E-state index contributed by atoms with van der Waals surface area (Å²) < 4.78 is 1.01. The molecule has 0 saturated carbocycles. The van der Waals surface area contributed by atoms with Gasteiger partial charge in [0.1, 0.15) is 0 Å². The second kappa shape index (κ2) is 3.57. The van der Waals surface area contributed by atoms with E-state index in [1.54, 1.807) is 0 Å². The monoisotopic (exact) mass is 233 g/mol. The molecule has 0 heterocycles. The zero-order chi connectivity index (χ0) is 8.43. The Morgan fingerprint density at radius 3 is 2.64 bits per heavy atom. The fourth-order valence-corrected chi connectivity index (χ4v) is 1.65. The molecule has 1 aromatic rings. The van der Waals surface area contributed by atoms with Gasteiger partial charge in [0.05, 0.1) is 0 Å². The Hall–Kier alpha value is -0.0500. The predicted molar refractivity (Wildman–Crippen MR) is 51.8 cm³/mol. The molecule has 2 N–H and O–H groups in total. The molecule has 1 atom stereocenters. The van der Waals surface area contributed by atoms with Crippen LogP contribution in [0.3, 0.4) is 0 Å². The van der Waals surface area contributed by atoms with Crippen molar-refractivity contribution in [3.8, 4) is 0 Å². The molecule has 0 aliphatic rings. The Morgan fingerprint density at radius 2 is 2.18 bits per heavy atom. The molecular formula is C8H9BrClN. The molecule has 0 aliphatic carbocycles. The van der Waals surface area contributed by atoms with Crippen LogP contribution in [0, 0.1) is 0 Å². The van der Waals surface area contributed by atoms with Crippen molar-refractivity contribution in [1.82, 2.24) is 0 Å². The number of halogens is 2. The third-order valence-corrected chi connectivity index (χ3v) is 2.41. The average molecular weight is 235 g/mol. The smallest absolute Gasteiger partial charge is 0.0410 e. The van der Waals surface area contributed by atoms with Crippen molar-refractivity contribution < 1.29 is 0 Å². The van der Waals surface area contributed by atoms with Crippen molar-refractivity contribution in [3.63, 3.8) is 0 Å². The lowest BCUT2D eigenvalue weighted by Crippen LogP contribution is -2.05. The van der Waals surface area contributed by atoms with Crippen molar-refractivity contribution in [3.05, 3.63) is 33.3 Å². The van der Waals surface area contributed by atoms with Crippen LogP contribution in [0.5, 0.6) is 0 Å². The van der Waals surface area contributed by atoms with Gasteiger partial charge in [0.2, 0.25) is 0 Å². The summed E-state index contributed by atoms with van der Waals surface area (Å²) in [6.07, 6.45) is 0. The molecule has 1 rings (SSSR count). The highest BCUT2D eigenvalue weighted by atomic mass is 79.9. The van der Waals surface area contributed by atoms with E-state index in [1.165, 1.54) is 0 Å². The van der Waals surface area contributed by atoms with Crippen molar-refractivity contribution in [2.75, 3.05) is 0 Å². The van der Waals surface area contributed by atoms with Crippen molar-refractivity contribution in [2.45, 2.75) is 13.0 Å². The lowest BCUT2D eigenvalue weighted by atomic mass is 10.1. The van der Waals surface area contributed by atoms with E-state index in [4.69, 9.17) is 17.3 Å². The minimum Gasteiger partial charge on any atom is -0.324 e. The zero-order valence-corrected chi connectivity index (χ0v) is 8.48. The highest BCUT2D eigenvalue weighted by Crippen LogP contribution is 2.24. The summed E-state index contributed by atoms with van der Waals surface area (Å²) in [5.74, 6) is 0. The van der Waals surface area contributed by atoms with Gasteiger partial charge < -0.3 is 5.73 Å². The van der Waals surface area contributed by atoms with Crippen molar-refractivity contribution in [1.29, 1.82) is 0 Å². The molecule has 11 heavy (non-hydrogen) atoms. The van der Waals surface area contributed by atoms with E-state index < -0.39 is 0 Å². The fraction of sp³-hybridized carbons (Fsp3) is 0.250. The molecule has 0 aliphatic heterocycles. The molecule has 0 saturated heterocycles. The standard InChI is InChI=1S/C8H9BrClN/c1-5(11)7-4-6(10)2-3-8(7)9/h2-5H,11H2,1H3. The van der Waals surface area contributed by atoms with Crippen molar-refractivity contribution in [2.24, 2.45) is 5.73 Å². The van der Waals surface area contributed by atoms with Gasteiger partial charge in [-0.25, -0.2) is 0 Å². The van der Waals surface area contributed by atoms with Gasteiger partial charge in [-0.1, -0.05) is 27.5 Å². The molecule has 0 radical (unpaired) electrons. The Bertz CT molecular complexity index is 260. The van der Waals surface area contributed by atoms with Crippen LogP contribution < -0.4 is 5.73 Å². The molecule has 1 unspecified atom stereocenters. The molecule has 0 amide bonds. The second-order valence-electron chi connectivity index (χ2n) is 2.45. The first kappa shape index (κ1) is 9.04.